The third-order valence-corrected chi connectivity index (χ3v) is 5.83. The number of hydrogen-bond donors (Lipinski definition) is 2. The Labute approximate surface area is 175 Å². The maximum absolute atomic E-state index is 12.7. The molecule has 0 radical (unpaired) electrons. The first kappa shape index (κ1) is 24.0. The minimum atomic E-state index is 0. The fraction of sp³-hybridized carbons (Fsp3) is 0.650. The van der Waals surface area contributed by atoms with Gasteiger partial charge in [-0.15, -0.1) is 24.8 Å². The van der Waals surface area contributed by atoms with Crippen LogP contribution in [0.5, 0.6) is 5.75 Å². The SMILES string of the molecule is COc1cccc(C(CNC(=O)[C@@H]2CCC[C@@H]2CN)N2CCCC2)c1.Cl.Cl. The molecule has 2 fully saturated rings. The van der Waals surface area contributed by atoms with Crippen molar-refractivity contribution < 1.29 is 9.53 Å². The molecular formula is C20H33Cl2N3O2. The van der Waals surface area contributed by atoms with Gasteiger partial charge in [-0.1, -0.05) is 18.6 Å². The Morgan fingerprint density at radius 1 is 1.26 bits per heavy atom. The first-order valence-corrected chi connectivity index (χ1v) is 9.58. The van der Waals surface area contributed by atoms with E-state index >= 15 is 0 Å². The Balaban J connectivity index is 0.00000182. The molecule has 0 bridgehead atoms. The van der Waals surface area contributed by atoms with E-state index in [9.17, 15) is 4.79 Å². The van der Waals surface area contributed by atoms with Gasteiger partial charge in [0.15, 0.2) is 0 Å². The molecule has 3 rings (SSSR count). The molecule has 1 aromatic rings. The maximum atomic E-state index is 12.7. The van der Waals surface area contributed by atoms with Crippen LogP contribution in [0.1, 0.15) is 43.7 Å². The topological polar surface area (TPSA) is 67.6 Å². The lowest BCUT2D eigenvalue weighted by molar-refractivity contribution is -0.126. The zero-order chi connectivity index (χ0) is 17.6. The summed E-state index contributed by atoms with van der Waals surface area (Å²) in [6, 6.07) is 8.43. The van der Waals surface area contributed by atoms with Gasteiger partial charge >= 0.3 is 0 Å². The molecule has 27 heavy (non-hydrogen) atoms. The lowest BCUT2D eigenvalue weighted by Gasteiger charge is -2.29. The molecule has 0 spiro atoms. The number of nitrogens with one attached hydrogen (secondary N) is 1. The van der Waals surface area contributed by atoms with Crippen LogP contribution in [0.3, 0.4) is 0 Å². The summed E-state index contributed by atoms with van der Waals surface area (Å²) in [5.74, 6) is 1.49. The average molecular weight is 418 g/mol. The van der Waals surface area contributed by atoms with E-state index in [1.807, 2.05) is 12.1 Å². The lowest BCUT2D eigenvalue weighted by atomic mass is 9.95. The van der Waals surface area contributed by atoms with Crippen LogP contribution in [-0.2, 0) is 4.79 Å². The first-order chi connectivity index (χ1) is 12.2. The minimum absolute atomic E-state index is 0. The third kappa shape index (κ3) is 5.98. The number of ether oxygens (including phenoxy) is 1. The summed E-state index contributed by atoms with van der Waals surface area (Å²) in [5.41, 5.74) is 7.05. The van der Waals surface area contributed by atoms with Crippen LogP contribution in [0.25, 0.3) is 0 Å². The van der Waals surface area contributed by atoms with Gasteiger partial charge in [-0.25, -0.2) is 0 Å². The summed E-state index contributed by atoms with van der Waals surface area (Å²) in [6.45, 7) is 3.45. The second kappa shape index (κ2) is 11.7. The van der Waals surface area contributed by atoms with E-state index in [0.29, 0.717) is 19.0 Å². The second-order valence-electron chi connectivity index (χ2n) is 7.31. The Morgan fingerprint density at radius 2 is 2.00 bits per heavy atom. The van der Waals surface area contributed by atoms with Gasteiger partial charge in [0.1, 0.15) is 5.75 Å². The van der Waals surface area contributed by atoms with Crippen LogP contribution in [-0.4, -0.2) is 44.1 Å². The zero-order valence-electron chi connectivity index (χ0n) is 16.1. The van der Waals surface area contributed by atoms with Gasteiger partial charge in [0.05, 0.1) is 13.2 Å². The van der Waals surface area contributed by atoms with Gasteiger partial charge in [-0.3, -0.25) is 9.69 Å². The number of nitrogens with two attached hydrogens (primary N) is 1. The van der Waals surface area contributed by atoms with Gasteiger partial charge < -0.3 is 15.8 Å². The number of amides is 1. The highest BCUT2D eigenvalue weighted by atomic mass is 35.5. The van der Waals surface area contributed by atoms with Crippen molar-refractivity contribution >= 4 is 30.7 Å². The Morgan fingerprint density at radius 3 is 2.67 bits per heavy atom. The summed E-state index contributed by atoms with van der Waals surface area (Å²) in [6.07, 6.45) is 5.63. The van der Waals surface area contributed by atoms with Gasteiger partial charge in [-0.2, -0.15) is 0 Å². The zero-order valence-corrected chi connectivity index (χ0v) is 17.7. The van der Waals surface area contributed by atoms with Crippen molar-refractivity contribution in [3.05, 3.63) is 29.8 Å². The molecule has 3 N–H and O–H groups in total. The number of hydrogen-bond acceptors (Lipinski definition) is 4. The van der Waals surface area contributed by atoms with Crippen LogP contribution in [0.4, 0.5) is 0 Å². The van der Waals surface area contributed by atoms with Gasteiger partial charge in [-0.05, 0) is 68.9 Å². The Hall–Kier alpha value is -1.01. The number of methoxy groups -OCH3 is 1. The van der Waals surface area contributed by atoms with Crippen LogP contribution >= 0.6 is 24.8 Å². The van der Waals surface area contributed by atoms with Crippen molar-refractivity contribution in [3.8, 4) is 5.75 Å². The first-order valence-electron chi connectivity index (χ1n) is 9.58. The number of likely N-dealkylation sites (tertiary alicyclic amines) is 1. The highest BCUT2D eigenvalue weighted by Gasteiger charge is 2.32. The third-order valence-electron chi connectivity index (χ3n) is 5.83. The summed E-state index contributed by atoms with van der Waals surface area (Å²) in [4.78, 5) is 15.2. The predicted octanol–water partition coefficient (Wildman–Crippen LogP) is 3.17. The van der Waals surface area contributed by atoms with E-state index in [0.717, 1.165) is 38.1 Å². The summed E-state index contributed by atoms with van der Waals surface area (Å²) in [7, 11) is 1.69. The Kier molecular flexibility index (Phi) is 10.5. The summed E-state index contributed by atoms with van der Waals surface area (Å²) in [5, 5.41) is 3.22. The molecule has 0 aromatic heterocycles. The molecule has 2 aliphatic rings. The largest absolute Gasteiger partial charge is 0.497 e. The average Bonchev–Trinajstić information content (AvgIpc) is 3.33. The number of nitrogens with zero attached hydrogens (tertiary/aromatic N) is 1. The van der Waals surface area contributed by atoms with Crippen molar-refractivity contribution in [2.24, 2.45) is 17.6 Å². The quantitative estimate of drug-likeness (QED) is 0.714. The molecule has 1 amide bonds. The highest BCUT2D eigenvalue weighted by molar-refractivity contribution is 5.85. The minimum Gasteiger partial charge on any atom is -0.497 e. The van der Waals surface area contributed by atoms with E-state index in [1.54, 1.807) is 7.11 Å². The molecule has 154 valence electrons. The summed E-state index contributed by atoms with van der Waals surface area (Å²) >= 11 is 0. The monoisotopic (exact) mass is 417 g/mol. The van der Waals surface area contributed by atoms with Crippen molar-refractivity contribution in [1.82, 2.24) is 10.2 Å². The smallest absolute Gasteiger partial charge is 0.223 e. The van der Waals surface area contributed by atoms with Gasteiger partial charge in [0.2, 0.25) is 5.91 Å². The number of carbonyl (C=O) groups excluding carboxylic acids is 1. The molecule has 3 atom stereocenters. The van der Waals surface area contributed by atoms with E-state index in [1.165, 1.54) is 18.4 Å². The van der Waals surface area contributed by atoms with Crippen LogP contribution in [0, 0.1) is 11.8 Å². The van der Waals surface area contributed by atoms with E-state index in [-0.39, 0.29) is 42.7 Å². The van der Waals surface area contributed by atoms with E-state index < -0.39 is 0 Å². The lowest BCUT2D eigenvalue weighted by Crippen LogP contribution is -2.40. The molecule has 1 saturated heterocycles. The molecule has 5 nitrogen and oxygen atoms in total. The van der Waals surface area contributed by atoms with Crippen molar-refractivity contribution in [1.29, 1.82) is 0 Å². The molecular weight excluding hydrogens is 385 g/mol. The molecule has 7 heteroatoms. The predicted molar refractivity (Wildman–Crippen MR) is 114 cm³/mol. The number of rotatable bonds is 7. The standard InChI is InChI=1S/C20H31N3O2.2ClH/c1-25-17-8-4-6-15(12-17)19(23-10-2-3-11-23)14-22-20(24)18-9-5-7-16(18)13-21;;/h4,6,8,12,16,18-19H,2-3,5,7,9-11,13-14,21H2,1H3,(H,22,24);2*1H/t16-,18-,19?;;/m1../s1. The molecule has 1 aliphatic heterocycles. The van der Waals surface area contributed by atoms with Gasteiger partial charge in [0.25, 0.3) is 0 Å². The molecule has 1 heterocycles. The maximum Gasteiger partial charge on any atom is 0.223 e. The molecule has 1 aromatic carbocycles. The summed E-state index contributed by atoms with van der Waals surface area (Å²) < 4.78 is 5.38. The van der Waals surface area contributed by atoms with E-state index in [2.05, 4.69) is 22.3 Å². The van der Waals surface area contributed by atoms with Gasteiger partial charge in [0, 0.05) is 12.5 Å². The van der Waals surface area contributed by atoms with Crippen molar-refractivity contribution in [3.63, 3.8) is 0 Å². The van der Waals surface area contributed by atoms with Crippen molar-refractivity contribution in [2.45, 2.75) is 38.1 Å². The number of halogens is 2. The van der Waals surface area contributed by atoms with E-state index in [4.69, 9.17) is 10.5 Å². The fourth-order valence-electron chi connectivity index (χ4n) is 4.35. The van der Waals surface area contributed by atoms with Crippen LogP contribution < -0.4 is 15.8 Å². The number of carbonyl (C=O) groups is 1. The second-order valence-corrected chi connectivity index (χ2v) is 7.31. The molecule has 1 aliphatic carbocycles. The van der Waals surface area contributed by atoms with Crippen molar-refractivity contribution in [2.75, 3.05) is 33.3 Å². The number of benzene rings is 1. The fourth-order valence-corrected chi connectivity index (χ4v) is 4.35. The molecule has 1 unspecified atom stereocenters. The highest BCUT2D eigenvalue weighted by Crippen LogP contribution is 2.32. The Bertz CT molecular complexity index is 582. The molecule has 1 saturated carbocycles. The van der Waals surface area contributed by atoms with Crippen LogP contribution in [0.2, 0.25) is 0 Å². The van der Waals surface area contributed by atoms with Crippen LogP contribution in [0.15, 0.2) is 24.3 Å². The normalized spacial score (nSPS) is 23.2.